The Bertz CT molecular complexity index is 241. The molecule has 0 aromatic carbocycles. The fraction of sp³-hybridized carbons (Fsp3) is 0.818. The van der Waals surface area contributed by atoms with Gasteiger partial charge in [0.25, 0.3) is 0 Å². The minimum Gasteiger partial charge on any atom is -0.496 e. The first-order valence-electron chi connectivity index (χ1n) is 5.04. The number of hydrogen-bond acceptors (Lipinski definition) is 3. The van der Waals surface area contributed by atoms with E-state index in [0.29, 0.717) is 18.8 Å². The lowest BCUT2D eigenvalue weighted by Gasteiger charge is -2.41. The molecule has 0 saturated heterocycles. The first-order chi connectivity index (χ1) is 6.28. The van der Waals surface area contributed by atoms with Crippen LogP contribution in [-0.4, -0.2) is 28.5 Å². The van der Waals surface area contributed by atoms with Gasteiger partial charge in [0, 0.05) is 5.41 Å². The Morgan fingerprint density at radius 2 is 2.07 bits per heavy atom. The van der Waals surface area contributed by atoms with Crippen LogP contribution in [0.15, 0.2) is 11.8 Å². The van der Waals surface area contributed by atoms with E-state index in [1.54, 1.807) is 13.0 Å². The number of hydrogen-bond donors (Lipinski definition) is 2. The summed E-state index contributed by atoms with van der Waals surface area (Å²) in [6.07, 6.45) is 1.53. The summed E-state index contributed by atoms with van der Waals surface area (Å²) in [6, 6.07) is 0. The summed E-state index contributed by atoms with van der Waals surface area (Å²) < 4.78 is 5.32. The second kappa shape index (κ2) is 3.55. The zero-order valence-electron chi connectivity index (χ0n) is 9.37. The first kappa shape index (κ1) is 11.5. The van der Waals surface area contributed by atoms with Gasteiger partial charge in [-0.05, 0) is 26.3 Å². The van der Waals surface area contributed by atoms with Crippen LogP contribution in [0.5, 0.6) is 0 Å². The van der Waals surface area contributed by atoms with Gasteiger partial charge in [-0.25, -0.2) is 0 Å². The van der Waals surface area contributed by atoms with Gasteiger partial charge in [-0.2, -0.15) is 0 Å². The van der Waals surface area contributed by atoms with Crippen molar-refractivity contribution in [3.05, 3.63) is 11.8 Å². The van der Waals surface area contributed by atoms with Crippen LogP contribution >= 0.6 is 0 Å². The molecule has 2 atom stereocenters. The molecule has 0 bridgehead atoms. The van der Waals surface area contributed by atoms with Crippen LogP contribution in [0.3, 0.4) is 0 Å². The third-order valence-corrected chi connectivity index (χ3v) is 2.59. The van der Waals surface area contributed by atoms with Crippen molar-refractivity contribution in [2.45, 2.75) is 45.8 Å². The van der Waals surface area contributed by atoms with Crippen LogP contribution in [0.4, 0.5) is 0 Å². The standard InChI is InChI=1S/C11H20O3/c1-5-14-8-6-11(4,13)7-10(2,3)9(8)12/h6,9,12-13H,5,7H2,1-4H3. The van der Waals surface area contributed by atoms with Crippen LogP contribution in [-0.2, 0) is 4.74 Å². The van der Waals surface area contributed by atoms with Gasteiger partial charge in [0.2, 0.25) is 0 Å². The van der Waals surface area contributed by atoms with E-state index < -0.39 is 11.7 Å². The highest BCUT2D eigenvalue weighted by Gasteiger charge is 2.42. The van der Waals surface area contributed by atoms with Crippen LogP contribution in [0.25, 0.3) is 0 Å². The summed E-state index contributed by atoms with van der Waals surface area (Å²) in [7, 11) is 0. The van der Waals surface area contributed by atoms with Crippen molar-refractivity contribution in [1.82, 2.24) is 0 Å². The summed E-state index contributed by atoms with van der Waals surface area (Å²) in [4.78, 5) is 0. The molecule has 3 heteroatoms. The molecule has 2 N–H and O–H groups in total. The molecule has 0 saturated carbocycles. The van der Waals surface area contributed by atoms with Crippen molar-refractivity contribution in [1.29, 1.82) is 0 Å². The lowest BCUT2D eigenvalue weighted by Crippen LogP contribution is -2.44. The van der Waals surface area contributed by atoms with Crippen molar-refractivity contribution in [2.75, 3.05) is 6.61 Å². The maximum absolute atomic E-state index is 9.96. The van der Waals surface area contributed by atoms with Crippen LogP contribution in [0.2, 0.25) is 0 Å². The highest BCUT2D eigenvalue weighted by atomic mass is 16.5. The summed E-state index contributed by atoms with van der Waals surface area (Å²) >= 11 is 0. The fourth-order valence-electron chi connectivity index (χ4n) is 2.13. The second-order valence-electron chi connectivity index (χ2n) is 4.90. The van der Waals surface area contributed by atoms with Crippen molar-refractivity contribution >= 4 is 0 Å². The lowest BCUT2D eigenvalue weighted by atomic mass is 9.71. The topological polar surface area (TPSA) is 49.7 Å². The quantitative estimate of drug-likeness (QED) is 0.709. The molecule has 1 aliphatic carbocycles. The second-order valence-corrected chi connectivity index (χ2v) is 4.90. The summed E-state index contributed by atoms with van der Waals surface area (Å²) in [5.74, 6) is 0.494. The van der Waals surface area contributed by atoms with E-state index in [2.05, 4.69) is 0 Å². The zero-order valence-corrected chi connectivity index (χ0v) is 9.37. The Morgan fingerprint density at radius 3 is 2.57 bits per heavy atom. The molecular formula is C11H20O3. The zero-order chi connectivity index (χ0) is 11.0. The molecule has 0 fully saturated rings. The predicted molar refractivity (Wildman–Crippen MR) is 54.7 cm³/mol. The average molecular weight is 200 g/mol. The molecule has 14 heavy (non-hydrogen) atoms. The van der Waals surface area contributed by atoms with E-state index in [9.17, 15) is 10.2 Å². The van der Waals surface area contributed by atoms with E-state index >= 15 is 0 Å². The predicted octanol–water partition coefficient (Wildman–Crippen LogP) is 1.45. The maximum Gasteiger partial charge on any atom is 0.124 e. The van der Waals surface area contributed by atoms with E-state index in [0.717, 1.165) is 0 Å². The van der Waals surface area contributed by atoms with E-state index in [-0.39, 0.29) is 5.41 Å². The van der Waals surface area contributed by atoms with Gasteiger partial charge in [0.1, 0.15) is 11.9 Å². The number of rotatable bonds is 2. The van der Waals surface area contributed by atoms with Crippen LogP contribution in [0, 0.1) is 5.41 Å². The number of ether oxygens (including phenoxy) is 1. The van der Waals surface area contributed by atoms with Crippen molar-refractivity contribution < 1.29 is 14.9 Å². The molecular weight excluding hydrogens is 180 g/mol. The molecule has 0 amide bonds. The highest BCUT2D eigenvalue weighted by Crippen LogP contribution is 2.40. The Kier molecular flexibility index (Phi) is 2.93. The van der Waals surface area contributed by atoms with Gasteiger partial charge in [0.15, 0.2) is 0 Å². The monoisotopic (exact) mass is 200 g/mol. The summed E-state index contributed by atoms with van der Waals surface area (Å²) in [5, 5.41) is 19.9. The Hall–Kier alpha value is -0.540. The van der Waals surface area contributed by atoms with Crippen molar-refractivity contribution in [2.24, 2.45) is 5.41 Å². The average Bonchev–Trinajstić information content (AvgIpc) is 1.97. The third-order valence-electron chi connectivity index (χ3n) is 2.59. The van der Waals surface area contributed by atoms with Crippen LogP contribution in [0.1, 0.15) is 34.1 Å². The Labute approximate surface area is 85.4 Å². The van der Waals surface area contributed by atoms with Gasteiger partial charge < -0.3 is 14.9 Å². The van der Waals surface area contributed by atoms with Gasteiger partial charge in [-0.15, -0.1) is 0 Å². The molecule has 0 spiro atoms. The molecule has 1 rings (SSSR count). The van der Waals surface area contributed by atoms with Crippen molar-refractivity contribution in [3.8, 4) is 0 Å². The minimum absolute atomic E-state index is 0.344. The number of aliphatic hydroxyl groups is 2. The SMILES string of the molecule is CCOC1=CC(C)(O)CC(C)(C)C1O. The van der Waals surface area contributed by atoms with E-state index in [4.69, 9.17) is 4.74 Å². The lowest BCUT2D eigenvalue weighted by molar-refractivity contribution is -0.0463. The highest BCUT2D eigenvalue weighted by molar-refractivity contribution is 5.18. The summed E-state index contributed by atoms with van der Waals surface area (Å²) in [5.41, 5.74) is -1.23. The normalized spacial score (nSPS) is 36.4. The Morgan fingerprint density at radius 1 is 1.50 bits per heavy atom. The van der Waals surface area contributed by atoms with Gasteiger partial charge in [-0.1, -0.05) is 13.8 Å². The molecule has 2 unspecified atom stereocenters. The molecule has 1 aliphatic rings. The molecule has 3 nitrogen and oxygen atoms in total. The number of aliphatic hydroxyl groups excluding tert-OH is 1. The molecule has 0 heterocycles. The van der Waals surface area contributed by atoms with Crippen molar-refractivity contribution in [3.63, 3.8) is 0 Å². The fourth-order valence-corrected chi connectivity index (χ4v) is 2.13. The largest absolute Gasteiger partial charge is 0.496 e. The smallest absolute Gasteiger partial charge is 0.124 e. The van der Waals surface area contributed by atoms with Crippen LogP contribution < -0.4 is 0 Å². The van der Waals surface area contributed by atoms with Gasteiger partial charge in [-0.3, -0.25) is 0 Å². The molecule has 0 aromatic rings. The van der Waals surface area contributed by atoms with E-state index in [1.165, 1.54) is 0 Å². The van der Waals surface area contributed by atoms with Gasteiger partial charge in [0.05, 0.1) is 12.2 Å². The molecule has 0 aromatic heterocycles. The minimum atomic E-state index is -0.882. The Balaban J connectivity index is 2.96. The van der Waals surface area contributed by atoms with Gasteiger partial charge >= 0.3 is 0 Å². The van der Waals surface area contributed by atoms with E-state index in [1.807, 2.05) is 20.8 Å². The molecule has 0 radical (unpaired) electrons. The summed E-state index contributed by atoms with van der Waals surface area (Å²) in [6.45, 7) is 7.97. The molecule has 0 aliphatic heterocycles. The third kappa shape index (κ3) is 2.28. The first-order valence-corrected chi connectivity index (χ1v) is 5.04. The maximum atomic E-state index is 9.96. The molecule has 82 valence electrons.